The van der Waals surface area contributed by atoms with Crippen molar-refractivity contribution in [2.75, 3.05) is 18.5 Å². The molecule has 2 rings (SSSR count). The van der Waals surface area contributed by atoms with E-state index < -0.39 is 11.9 Å². The molecule has 2 heterocycles. The fourth-order valence-electron chi connectivity index (χ4n) is 2.23. The van der Waals surface area contributed by atoms with Gasteiger partial charge in [-0.2, -0.15) is 18.3 Å². The standard InChI is InChI=1S/C14H18F3N5/c1-9-11(10(2)21-20-9)5-4-8-22(3)13-18-7-6-12(19-13)14(15,16)17/h6-7H,4-5,8H2,1-3H3,(H,20,21). The number of H-pyrrole nitrogens is 1. The Morgan fingerprint density at radius 1 is 1.27 bits per heavy atom. The molecule has 0 aliphatic carbocycles. The van der Waals surface area contributed by atoms with Gasteiger partial charge < -0.3 is 4.90 Å². The van der Waals surface area contributed by atoms with Crippen molar-refractivity contribution in [1.29, 1.82) is 0 Å². The van der Waals surface area contributed by atoms with Gasteiger partial charge in [0.2, 0.25) is 5.95 Å². The van der Waals surface area contributed by atoms with Crippen LogP contribution >= 0.6 is 0 Å². The number of aromatic amines is 1. The van der Waals surface area contributed by atoms with E-state index in [2.05, 4.69) is 20.2 Å². The number of hydrogen-bond acceptors (Lipinski definition) is 4. The van der Waals surface area contributed by atoms with Gasteiger partial charge in [-0.05, 0) is 38.3 Å². The highest BCUT2D eigenvalue weighted by Crippen LogP contribution is 2.28. The van der Waals surface area contributed by atoms with Gasteiger partial charge in [-0.3, -0.25) is 5.10 Å². The van der Waals surface area contributed by atoms with Gasteiger partial charge in [-0.25, -0.2) is 9.97 Å². The molecule has 0 saturated carbocycles. The molecule has 2 aromatic rings. The van der Waals surface area contributed by atoms with E-state index >= 15 is 0 Å². The number of aryl methyl sites for hydroxylation is 2. The normalized spacial score (nSPS) is 11.7. The molecule has 8 heteroatoms. The van der Waals surface area contributed by atoms with Crippen LogP contribution in [0.3, 0.4) is 0 Å². The molecule has 120 valence electrons. The van der Waals surface area contributed by atoms with Crippen molar-refractivity contribution in [1.82, 2.24) is 20.2 Å². The number of hydrogen-bond donors (Lipinski definition) is 1. The molecular formula is C14H18F3N5. The summed E-state index contributed by atoms with van der Waals surface area (Å²) in [6, 6.07) is 0.871. The van der Waals surface area contributed by atoms with Gasteiger partial charge >= 0.3 is 6.18 Å². The number of nitrogens with one attached hydrogen (secondary N) is 1. The Bertz CT molecular complexity index is 616. The largest absolute Gasteiger partial charge is 0.433 e. The molecule has 0 fully saturated rings. The molecule has 0 aliphatic rings. The zero-order valence-corrected chi connectivity index (χ0v) is 12.7. The van der Waals surface area contributed by atoms with Crippen LogP contribution in [-0.2, 0) is 12.6 Å². The lowest BCUT2D eigenvalue weighted by atomic mass is 10.1. The van der Waals surface area contributed by atoms with E-state index in [1.165, 1.54) is 0 Å². The molecule has 0 atom stereocenters. The first kappa shape index (κ1) is 16.3. The molecule has 0 saturated heterocycles. The molecule has 0 spiro atoms. The van der Waals surface area contributed by atoms with E-state index in [-0.39, 0.29) is 5.95 Å². The highest BCUT2D eigenvalue weighted by atomic mass is 19.4. The van der Waals surface area contributed by atoms with Crippen LogP contribution in [-0.4, -0.2) is 33.8 Å². The minimum Gasteiger partial charge on any atom is -0.344 e. The number of halogens is 3. The van der Waals surface area contributed by atoms with Gasteiger partial charge in [0.1, 0.15) is 5.69 Å². The van der Waals surface area contributed by atoms with Crippen LogP contribution in [0.15, 0.2) is 12.3 Å². The van der Waals surface area contributed by atoms with Crippen molar-refractivity contribution in [2.24, 2.45) is 0 Å². The summed E-state index contributed by atoms with van der Waals surface area (Å²) in [6.45, 7) is 4.44. The second-order valence-corrected chi connectivity index (χ2v) is 5.18. The zero-order chi connectivity index (χ0) is 16.3. The molecule has 22 heavy (non-hydrogen) atoms. The van der Waals surface area contributed by atoms with Gasteiger partial charge in [-0.1, -0.05) is 0 Å². The lowest BCUT2D eigenvalue weighted by Crippen LogP contribution is -2.23. The topological polar surface area (TPSA) is 57.7 Å². The van der Waals surface area contributed by atoms with Crippen LogP contribution in [0.5, 0.6) is 0 Å². The smallest absolute Gasteiger partial charge is 0.344 e. The highest BCUT2D eigenvalue weighted by Gasteiger charge is 2.33. The Morgan fingerprint density at radius 2 is 2.00 bits per heavy atom. The Hall–Kier alpha value is -2.12. The third kappa shape index (κ3) is 3.75. The monoisotopic (exact) mass is 313 g/mol. The predicted octanol–water partition coefficient (Wildman–Crippen LogP) is 2.90. The summed E-state index contributed by atoms with van der Waals surface area (Å²) in [5.74, 6) is 0.0791. The Balaban J connectivity index is 1.97. The van der Waals surface area contributed by atoms with Crippen molar-refractivity contribution in [2.45, 2.75) is 32.9 Å². The van der Waals surface area contributed by atoms with Crippen LogP contribution in [0.1, 0.15) is 29.1 Å². The summed E-state index contributed by atoms with van der Waals surface area (Å²) in [5.41, 5.74) is 2.20. The zero-order valence-electron chi connectivity index (χ0n) is 12.7. The number of nitrogens with zero attached hydrogens (tertiary/aromatic N) is 4. The van der Waals surface area contributed by atoms with Crippen molar-refractivity contribution < 1.29 is 13.2 Å². The fraction of sp³-hybridized carbons (Fsp3) is 0.500. The van der Waals surface area contributed by atoms with E-state index in [0.717, 1.165) is 42.1 Å². The fourth-order valence-corrected chi connectivity index (χ4v) is 2.23. The van der Waals surface area contributed by atoms with Crippen molar-refractivity contribution in [3.8, 4) is 0 Å². The van der Waals surface area contributed by atoms with Gasteiger partial charge in [0.05, 0.1) is 5.69 Å². The number of anilines is 1. The Kier molecular flexibility index (Phi) is 4.68. The SMILES string of the molecule is Cc1n[nH]c(C)c1CCCN(C)c1nccc(C(F)(F)F)n1. The summed E-state index contributed by atoms with van der Waals surface area (Å²) in [4.78, 5) is 9.09. The Labute approximate surface area is 126 Å². The minimum atomic E-state index is -4.45. The minimum absolute atomic E-state index is 0.0791. The van der Waals surface area contributed by atoms with E-state index in [1.807, 2.05) is 13.8 Å². The average Bonchev–Trinajstić information content (AvgIpc) is 2.78. The molecule has 2 aromatic heterocycles. The number of alkyl halides is 3. The van der Waals surface area contributed by atoms with E-state index in [0.29, 0.717) is 6.54 Å². The predicted molar refractivity (Wildman–Crippen MR) is 76.7 cm³/mol. The first-order valence-electron chi connectivity index (χ1n) is 6.91. The first-order chi connectivity index (χ1) is 10.3. The molecule has 0 amide bonds. The van der Waals surface area contributed by atoms with Gasteiger partial charge in [0.15, 0.2) is 0 Å². The quantitative estimate of drug-likeness (QED) is 0.922. The summed E-state index contributed by atoms with van der Waals surface area (Å²) >= 11 is 0. The molecule has 0 unspecified atom stereocenters. The van der Waals surface area contributed by atoms with Crippen LogP contribution in [0.25, 0.3) is 0 Å². The maximum absolute atomic E-state index is 12.6. The average molecular weight is 313 g/mol. The van der Waals surface area contributed by atoms with Gasteiger partial charge in [0.25, 0.3) is 0 Å². The summed E-state index contributed by atoms with van der Waals surface area (Å²) in [7, 11) is 1.69. The lowest BCUT2D eigenvalue weighted by molar-refractivity contribution is -0.141. The second kappa shape index (κ2) is 6.33. The highest BCUT2D eigenvalue weighted by molar-refractivity contribution is 5.30. The lowest BCUT2D eigenvalue weighted by Gasteiger charge is -2.17. The van der Waals surface area contributed by atoms with E-state index in [9.17, 15) is 13.2 Å². The van der Waals surface area contributed by atoms with Crippen molar-refractivity contribution in [3.63, 3.8) is 0 Å². The number of rotatable bonds is 5. The first-order valence-corrected chi connectivity index (χ1v) is 6.91. The third-order valence-electron chi connectivity index (χ3n) is 3.48. The van der Waals surface area contributed by atoms with Crippen LogP contribution in [0.4, 0.5) is 19.1 Å². The van der Waals surface area contributed by atoms with Crippen LogP contribution < -0.4 is 4.90 Å². The van der Waals surface area contributed by atoms with E-state index in [4.69, 9.17) is 0 Å². The van der Waals surface area contributed by atoms with Crippen LogP contribution in [0, 0.1) is 13.8 Å². The summed E-state index contributed by atoms with van der Waals surface area (Å²) < 4.78 is 37.9. The Morgan fingerprint density at radius 3 is 2.59 bits per heavy atom. The van der Waals surface area contributed by atoms with E-state index in [1.54, 1.807) is 11.9 Å². The molecule has 0 aromatic carbocycles. The van der Waals surface area contributed by atoms with Crippen molar-refractivity contribution in [3.05, 3.63) is 34.9 Å². The number of aromatic nitrogens is 4. The van der Waals surface area contributed by atoms with Gasteiger partial charge in [0, 0.05) is 25.5 Å². The second-order valence-electron chi connectivity index (χ2n) is 5.18. The third-order valence-corrected chi connectivity index (χ3v) is 3.48. The molecule has 0 bridgehead atoms. The van der Waals surface area contributed by atoms with Crippen LogP contribution in [0.2, 0.25) is 0 Å². The molecular weight excluding hydrogens is 295 g/mol. The molecule has 0 aliphatic heterocycles. The summed E-state index contributed by atoms with van der Waals surface area (Å²) in [5, 5.41) is 7.04. The molecule has 5 nitrogen and oxygen atoms in total. The maximum atomic E-state index is 12.6. The molecule has 1 N–H and O–H groups in total. The maximum Gasteiger partial charge on any atom is 0.433 e. The molecule has 0 radical (unpaired) electrons. The summed E-state index contributed by atoms with van der Waals surface area (Å²) in [6.07, 6.45) is -1.75. The van der Waals surface area contributed by atoms with Crippen molar-refractivity contribution >= 4 is 5.95 Å². The van der Waals surface area contributed by atoms with Gasteiger partial charge in [-0.15, -0.1) is 0 Å².